The summed E-state index contributed by atoms with van der Waals surface area (Å²) in [5.41, 5.74) is 6.53. The van der Waals surface area contributed by atoms with Gasteiger partial charge in [0.1, 0.15) is 0 Å². The molecule has 82 valence electrons. The van der Waals surface area contributed by atoms with E-state index in [9.17, 15) is 4.79 Å². The Morgan fingerprint density at radius 2 is 2.00 bits per heavy atom. The molecule has 0 heterocycles. The highest BCUT2D eigenvalue weighted by Gasteiger charge is 2.05. The third kappa shape index (κ3) is 3.69. The molecule has 0 spiro atoms. The van der Waals surface area contributed by atoms with Crippen molar-refractivity contribution in [1.82, 2.24) is 0 Å². The van der Waals surface area contributed by atoms with E-state index in [1.54, 1.807) is 24.3 Å². The van der Waals surface area contributed by atoms with Crippen molar-refractivity contribution in [2.75, 3.05) is 13.2 Å². The topological polar surface area (TPSA) is 72.5 Å². The maximum Gasteiger partial charge on any atom is 0.338 e. The van der Waals surface area contributed by atoms with Gasteiger partial charge in [0, 0.05) is 0 Å². The molecule has 0 aliphatic rings. The first-order valence-corrected chi connectivity index (χ1v) is 4.85. The molecule has 15 heavy (non-hydrogen) atoms. The Morgan fingerprint density at radius 3 is 2.53 bits per heavy atom. The zero-order chi connectivity index (χ0) is 11.1. The zero-order valence-electron chi connectivity index (χ0n) is 8.48. The number of hydrogen-bond donors (Lipinski definition) is 2. The summed E-state index contributed by atoms with van der Waals surface area (Å²) in [6.45, 7) is 0.830. The van der Waals surface area contributed by atoms with E-state index in [1.807, 2.05) is 0 Å². The standard InChI is InChI=1S/C11H15NO3/c12-6-1-7-15-11(14)10-4-2-9(8-13)3-5-10/h2-5,13H,1,6-8,12H2. The maximum atomic E-state index is 11.4. The fraction of sp³-hybridized carbons (Fsp3) is 0.364. The van der Waals surface area contributed by atoms with Crippen molar-refractivity contribution < 1.29 is 14.6 Å². The van der Waals surface area contributed by atoms with Gasteiger partial charge in [0.25, 0.3) is 0 Å². The zero-order valence-corrected chi connectivity index (χ0v) is 8.48. The van der Waals surface area contributed by atoms with Crippen LogP contribution in [0.2, 0.25) is 0 Å². The van der Waals surface area contributed by atoms with Crippen molar-refractivity contribution >= 4 is 5.97 Å². The number of esters is 1. The van der Waals surface area contributed by atoms with Gasteiger partial charge in [-0.25, -0.2) is 4.79 Å². The number of nitrogens with two attached hydrogens (primary N) is 1. The summed E-state index contributed by atoms with van der Waals surface area (Å²) in [5, 5.41) is 8.81. The average molecular weight is 209 g/mol. The van der Waals surface area contributed by atoms with Crippen molar-refractivity contribution in [3.05, 3.63) is 35.4 Å². The highest BCUT2D eigenvalue weighted by molar-refractivity contribution is 5.89. The van der Waals surface area contributed by atoms with Crippen molar-refractivity contribution in [3.63, 3.8) is 0 Å². The second kappa shape index (κ2) is 6.16. The van der Waals surface area contributed by atoms with Gasteiger partial charge < -0.3 is 15.6 Å². The number of rotatable bonds is 5. The molecule has 4 nitrogen and oxygen atoms in total. The molecule has 0 bridgehead atoms. The summed E-state index contributed by atoms with van der Waals surface area (Å²) in [7, 11) is 0. The Hall–Kier alpha value is -1.39. The number of hydrogen-bond acceptors (Lipinski definition) is 4. The molecule has 0 aromatic heterocycles. The molecule has 0 atom stereocenters. The van der Waals surface area contributed by atoms with Crippen molar-refractivity contribution in [2.45, 2.75) is 13.0 Å². The third-order valence-electron chi connectivity index (χ3n) is 1.95. The van der Waals surface area contributed by atoms with Gasteiger partial charge >= 0.3 is 5.97 Å². The lowest BCUT2D eigenvalue weighted by atomic mass is 10.1. The molecule has 0 radical (unpaired) electrons. The summed E-state index contributed by atoms with van der Waals surface area (Å²) < 4.78 is 4.96. The minimum atomic E-state index is -0.354. The molecule has 0 saturated carbocycles. The first-order valence-electron chi connectivity index (χ1n) is 4.85. The lowest BCUT2D eigenvalue weighted by Crippen LogP contribution is -2.10. The normalized spacial score (nSPS) is 10.0. The Kier molecular flexibility index (Phi) is 4.80. The fourth-order valence-electron chi connectivity index (χ4n) is 1.08. The fourth-order valence-corrected chi connectivity index (χ4v) is 1.08. The molecule has 0 amide bonds. The van der Waals surface area contributed by atoms with E-state index in [1.165, 1.54) is 0 Å². The molecule has 0 aliphatic heterocycles. The van der Waals surface area contributed by atoms with Crippen molar-refractivity contribution in [1.29, 1.82) is 0 Å². The Bertz CT molecular complexity index is 308. The van der Waals surface area contributed by atoms with E-state index in [-0.39, 0.29) is 12.6 Å². The van der Waals surface area contributed by atoms with E-state index in [0.717, 1.165) is 5.56 Å². The quantitative estimate of drug-likeness (QED) is 0.552. The van der Waals surface area contributed by atoms with Crippen LogP contribution in [0.1, 0.15) is 22.3 Å². The minimum absolute atomic E-state index is 0.0253. The Balaban J connectivity index is 2.50. The lowest BCUT2D eigenvalue weighted by molar-refractivity contribution is 0.0503. The Labute approximate surface area is 88.7 Å². The highest BCUT2D eigenvalue weighted by atomic mass is 16.5. The minimum Gasteiger partial charge on any atom is -0.462 e. The number of ether oxygens (including phenoxy) is 1. The third-order valence-corrected chi connectivity index (χ3v) is 1.95. The summed E-state index contributed by atoms with van der Waals surface area (Å²) in [6, 6.07) is 6.66. The molecule has 1 aromatic rings. The molecule has 1 aromatic carbocycles. The van der Waals surface area contributed by atoms with Crippen LogP contribution in [-0.2, 0) is 11.3 Å². The number of aliphatic hydroxyl groups is 1. The summed E-state index contributed by atoms with van der Waals surface area (Å²) >= 11 is 0. The van der Waals surface area contributed by atoms with Gasteiger partial charge in [-0.2, -0.15) is 0 Å². The van der Waals surface area contributed by atoms with Gasteiger partial charge in [-0.1, -0.05) is 12.1 Å². The largest absolute Gasteiger partial charge is 0.462 e. The Morgan fingerprint density at radius 1 is 1.33 bits per heavy atom. The van der Waals surface area contributed by atoms with Gasteiger partial charge in [-0.15, -0.1) is 0 Å². The predicted molar refractivity (Wildman–Crippen MR) is 56.3 cm³/mol. The second-order valence-electron chi connectivity index (χ2n) is 3.13. The lowest BCUT2D eigenvalue weighted by Gasteiger charge is -2.04. The molecule has 0 aliphatic carbocycles. The van der Waals surface area contributed by atoms with E-state index in [4.69, 9.17) is 15.6 Å². The van der Waals surface area contributed by atoms with Gasteiger partial charge in [-0.3, -0.25) is 0 Å². The van der Waals surface area contributed by atoms with Crippen LogP contribution < -0.4 is 5.73 Å². The molecule has 0 saturated heterocycles. The first-order chi connectivity index (χ1) is 7.27. The van der Waals surface area contributed by atoms with E-state index in [0.29, 0.717) is 25.1 Å². The van der Waals surface area contributed by atoms with Gasteiger partial charge in [0.2, 0.25) is 0 Å². The molecular formula is C11H15NO3. The maximum absolute atomic E-state index is 11.4. The molecular weight excluding hydrogens is 194 g/mol. The van der Waals surface area contributed by atoms with Crippen LogP contribution in [0.4, 0.5) is 0 Å². The number of carbonyl (C=O) groups excluding carboxylic acids is 1. The molecule has 4 heteroatoms. The molecule has 3 N–H and O–H groups in total. The van der Waals surface area contributed by atoms with Crippen LogP contribution in [0.5, 0.6) is 0 Å². The molecule has 0 fully saturated rings. The average Bonchev–Trinajstić information content (AvgIpc) is 2.29. The summed E-state index contributed by atoms with van der Waals surface area (Å²) in [6.07, 6.45) is 0.667. The van der Waals surface area contributed by atoms with E-state index < -0.39 is 0 Å². The number of aliphatic hydroxyl groups excluding tert-OH is 1. The van der Waals surface area contributed by atoms with Crippen LogP contribution >= 0.6 is 0 Å². The monoisotopic (exact) mass is 209 g/mol. The van der Waals surface area contributed by atoms with Gasteiger partial charge in [-0.05, 0) is 30.7 Å². The molecule has 1 rings (SSSR count). The SMILES string of the molecule is NCCCOC(=O)c1ccc(CO)cc1. The molecule has 0 unspecified atom stereocenters. The summed E-state index contributed by atoms with van der Waals surface area (Å²) in [4.78, 5) is 11.4. The van der Waals surface area contributed by atoms with E-state index >= 15 is 0 Å². The summed E-state index contributed by atoms with van der Waals surface area (Å²) in [5.74, 6) is -0.354. The smallest absolute Gasteiger partial charge is 0.338 e. The first kappa shape index (κ1) is 11.7. The van der Waals surface area contributed by atoms with Crippen LogP contribution in [0.15, 0.2) is 24.3 Å². The van der Waals surface area contributed by atoms with Gasteiger partial charge in [0.15, 0.2) is 0 Å². The van der Waals surface area contributed by atoms with Crippen LogP contribution in [0.3, 0.4) is 0 Å². The number of benzene rings is 1. The second-order valence-corrected chi connectivity index (χ2v) is 3.13. The van der Waals surface area contributed by atoms with Crippen LogP contribution in [-0.4, -0.2) is 24.2 Å². The van der Waals surface area contributed by atoms with Crippen molar-refractivity contribution in [2.24, 2.45) is 5.73 Å². The van der Waals surface area contributed by atoms with Crippen LogP contribution in [0.25, 0.3) is 0 Å². The highest BCUT2D eigenvalue weighted by Crippen LogP contribution is 2.05. The van der Waals surface area contributed by atoms with E-state index in [2.05, 4.69) is 0 Å². The van der Waals surface area contributed by atoms with Crippen LogP contribution in [0, 0.1) is 0 Å². The predicted octanol–water partition coefficient (Wildman–Crippen LogP) is 0.685. The van der Waals surface area contributed by atoms with Crippen molar-refractivity contribution in [3.8, 4) is 0 Å². The number of carbonyl (C=O) groups is 1. The van der Waals surface area contributed by atoms with Gasteiger partial charge in [0.05, 0.1) is 18.8 Å².